The Bertz CT molecular complexity index is 203. The number of ether oxygens (including phenoxy) is 1. The van der Waals surface area contributed by atoms with Gasteiger partial charge in [-0.3, -0.25) is 0 Å². The van der Waals surface area contributed by atoms with Gasteiger partial charge < -0.3 is 20.3 Å². The number of hydrogen-bond donors (Lipinski definition) is 3. The smallest absolute Gasteiger partial charge is 0.0897 e. The molecule has 0 aliphatic heterocycles. The van der Waals surface area contributed by atoms with E-state index in [-0.39, 0.29) is 0 Å². The molecule has 1 fully saturated rings. The summed E-state index contributed by atoms with van der Waals surface area (Å²) in [7, 11) is 0. The normalized spacial score (nSPS) is 22.6. The van der Waals surface area contributed by atoms with Crippen LogP contribution in [0, 0.1) is 0 Å². The van der Waals surface area contributed by atoms with Crippen molar-refractivity contribution in [2.24, 2.45) is 0 Å². The number of nitrogens with one attached hydrogen (secondary N) is 1. The number of aliphatic hydroxyl groups is 2. The lowest BCUT2D eigenvalue weighted by molar-refractivity contribution is -0.00878. The Morgan fingerprint density at radius 2 is 2.06 bits per heavy atom. The molecule has 0 bridgehead atoms. The van der Waals surface area contributed by atoms with Crippen molar-refractivity contribution < 1.29 is 14.9 Å². The zero-order valence-corrected chi connectivity index (χ0v) is 11.1. The molecule has 0 heterocycles. The highest BCUT2D eigenvalue weighted by atomic mass is 16.5. The summed E-state index contributed by atoms with van der Waals surface area (Å²) in [5, 5.41) is 22.5. The molecule has 3 N–H and O–H groups in total. The van der Waals surface area contributed by atoms with E-state index >= 15 is 0 Å². The molecule has 17 heavy (non-hydrogen) atoms. The predicted octanol–water partition coefficient (Wildman–Crippen LogP) is 1.06. The van der Waals surface area contributed by atoms with Crippen LogP contribution in [0.4, 0.5) is 0 Å². The van der Waals surface area contributed by atoms with Crippen LogP contribution in [0.3, 0.4) is 0 Å². The molecule has 0 saturated heterocycles. The van der Waals surface area contributed by atoms with Gasteiger partial charge in [-0.1, -0.05) is 19.8 Å². The zero-order chi connectivity index (χ0) is 12.7. The molecule has 1 saturated carbocycles. The van der Waals surface area contributed by atoms with Crippen LogP contribution in [-0.4, -0.2) is 47.7 Å². The van der Waals surface area contributed by atoms with E-state index in [1.54, 1.807) is 6.92 Å². The largest absolute Gasteiger partial charge is 0.389 e. The number of hydrogen-bond acceptors (Lipinski definition) is 4. The third-order valence-corrected chi connectivity index (χ3v) is 3.47. The molecule has 0 aromatic carbocycles. The topological polar surface area (TPSA) is 61.7 Å². The van der Waals surface area contributed by atoms with Crippen LogP contribution in [0.2, 0.25) is 0 Å². The van der Waals surface area contributed by atoms with E-state index in [0.717, 1.165) is 12.8 Å². The van der Waals surface area contributed by atoms with Gasteiger partial charge in [0, 0.05) is 13.1 Å². The van der Waals surface area contributed by atoms with Crippen molar-refractivity contribution >= 4 is 0 Å². The molecule has 1 aliphatic carbocycles. The fraction of sp³-hybridized carbons (Fsp3) is 1.00. The lowest BCUT2D eigenvalue weighted by Crippen LogP contribution is -2.41. The van der Waals surface area contributed by atoms with E-state index in [2.05, 4.69) is 5.32 Å². The van der Waals surface area contributed by atoms with Gasteiger partial charge in [0.15, 0.2) is 0 Å². The van der Waals surface area contributed by atoms with Gasteiger partial charge in [-0.2, -0.15) is 0 Å². The van der Waals surface area contributed by atoms with E-state index in [0.29, 0.717) is 32.2 Å². The molecular weight excluding hydrogens is 218 g/mol. The van der Waals surface area contributed by atoms with Crippen molar-refractivity contribution in [1.29, 1.82) is 0 Å². The summed E-state index contributed by atoms with van der Waals surface area (Å²) in [5.74, 6) is 0. The second kappa shape index (κ2) is 7.31. The monoisotopic (exact) mass is 245 g/mol. The summed E-state index contributed by atoms with van der Waals surface area (Å²) in [6, 6.07) is 0. The molecule has 0 aromatic heterocycles. The van der Waals surface area contributed by atoms with Crippen LogP contribution in [0.25, 0.3) is 0 Å². The SMILES string of the molecule is CCC(C)(O)CNCC(O)COC1CCCC1. The molecule has 4 nitrogen and oxygen atoms in total. The first-order valence-corrected chi connectivity index (χ1v) is 6.76. The van der Waals surface area contributed by atoms with Crippen molar-refractivity contribution in [3.8, 4) is 0 Å². The predicted molar refractivity (Wildman–Crippen MR) is 68.0 cm³/mol. The van der Waals surface area contributed by atoms with Crippen LogP contribution in [0.15, 0.2) is 0 Å². The maximum absolute atomic E-state index is 9.76. The summed E-state index contributed by atoms with van der Waals surface area (Å²) in [6.07, 6.45) is 5.33. The molecule has 1 rings (SSSR count). The Morgan fingerprint density at radius 3 is 2.65 bits per heavy atom. The van der Waals surface area contributed by atoms with Gasteiger partial charge in [0.25, 0.3) is 0 Å². The highest BCUT2D eigenvalue weighted by Gasteiger charge is 2.19. The van der Waals surface area contributed by atoms with Crippen LogP contribution >= 0.6 is 0 Å². The minimum atomic E-state index is -0.688. The number of rotatable bonds is 8. The summed E-state index contributed by atoms with van der Waals surface area (Å²) in [6.45, 7) is 5.11. The van der Waals surface area contributed by atoms with Crippen molar-refractivity contribution in [1.82, 2.24) is 5.32 Å². The minimum Gasteiger partial charge on any atom is -0.389 e. The maximum Gasteiger partial charge on any atom is 0.0897 e. The van der Waals surface area contributed by atoms with Crippen molar-refractivity contribution in [2.45, 2.75) is 63.8 Å². The molecular formula is C13H27NO3. The van der Waals surface area contributed by atoms with Crippen molar-refractivity contribution in [3.05, 3.63) is 0 Å². The van der Waals surface area contributed by atoms with Crippen molar-refractivity contribution in [3.63, 3.8) is 0 Å². The van der Waals surface area contributed by atoms with Crippen LogP contribution < -0.4 is 5.32 Å². The Hall–Kier alpha value is -0.160. The quantitative estimate of drug-likeness (QED) is 0.598. The van der Waals surface area contributed by atoms with E-state index in [1.165, 1.54) is 12.8 Å². The van der Waals surface area contributed by atoms with E-state index in [1.807, 2.05) is 6.92 Å². The second-order valence-corrected chi connectivity index (χ2v) is 5.38. The van der Waals surface area contributed by atoms with Gasteiger partial charge in [-0.15, -0.1) is 0 Å². The summed E-state index contributed by atoms with van der Waals surface area (Å²) < 4.78 is 5.62. The molecule has 0 amide bonds. The van der Waals surface area contributed by atoms with Crippen LogP contribution in [-0.2, 0) is 4.74 Å². The van der Waals surface area contributed by atoms with Gasteiger partial charge in [-0.05, 0) is 26.2 Å². The second-order valence-electron chi connectivity index (χ2n) is 5.38. The molecule has 102 valence electrons. The Balaban J connectivity index is 2.02. The van der Waals surface area contributed by atoms with E-state index in [4.69, 9.17) is 4.74 Å². The molecule has 0 spiro atoms. The van der Waals surface area contributed by atoms with E-state index < -0.39 is 11.7 Å². The third-order valence-electron chi connectivity index (χ3n) is 3.47. The Labute approximate surface area is 104 Å². The first kappa shape index (κ1) is 14.9. The maximum atomic E-state index is 9.76. The Morgan fingerprint density at radius 1 is 1.41 bits per heavy atom. The van der Waals surface area contributed by atoms with Crippen molar-refractivity contribution in [2.75, 3.05) is 19.7 Å². The molecule has 0 aromatic rings. The van der Waals surface area contributed by atoms with Gasteiger partial charge in [0.1, 0.15) is 0 Å². The van der Waals surface area contributed by atoms with Gasteiger partial charge >= 0.3 is 0 Å². The van der Waals surface area contributed by atoms with Crippen LogP contribution in [0.5, 0.6) is 0 Å². The third kappa shape index (κ3) is 6.36. The molecule has 2 atom stereocenters. The van der Waals surface area contributed by atoms with Crippen LogP contribution in [0.1, 0.15) is 46.0 Å². The molecule has 2 unspecified atom stereocenters. The summed E-state index contributed by atoms with van der Waals surface area (Å²) in [5.41, 5.74) is -0.688. The lowest BCUT2D eigenvalue weighted by atomic mass is 10.0. The fourth-order valence-electron chi connectivity index (χ4n) is 1.99. The van der Waals surface area contributed by atoms with E-state index in [9.17, 15) is 10.2 Å². The van der Waals surface area contributed by atoms with Gasteiger partial charge in [0.2, 0.25) is 0 Å². The summed E-state index contributed by atoms with van der Waals surface area (Å²) >= 11 is 0. The zero-order valence-electron chi connectivity index (χ0n) is 11.1. The number of aliphatic hydroxyl groups excluding tert-OH is 1. The highest BCUT2D eigenvalue weighted by Crippen LogP contribution is 2.20. The average Bonchev–Trinajstić information content (AvgIpc) is 2.79. The average molecular weight is 245 g/mol. The lowest BCUT2D eigenvalue weighted by Gasteiger charge is -2.23. The molecule has 1 aliphatic rings. The standard InChI is InChI=1S/C13H27NO3/c1-3-13(2,16)10-14-8-11(15)9-17-12-6-4-5-7-12/h11-12,14-16H,3-10H2,1-2H3. The Kier molecular flexibility index (Phi) is 6.41. The van der Waals surface area contributed by atoms with Gasteiger partial charge in [-0.25, -0.2) is 0 Å². The molecule has 4 heteroatoms. The van der Waals surface area contributed by atoms with Gasteiger partial charge in [0.05, 0.1) is 24.4 Å². The fourth-order valence-corrected chi connectivity index (χ4v) is 1.99. The highest BCUT2D eigenvalue weighted by molar-refractivity contribution is 4.74. The first-order chi connectivity index (χ1) is 8.03. The first-order valence-electron chi connectivity index (χ1n) is 6.76. The summed E-state index contributed by atoms with van der Waals surface area (Å²) in [4.78, 5) is 0. The minimum absolute atomic E-state index is 0.350. The molecule has 0 radical (unpaired) electrons.